The molecule has 0 fully saturated rings. The fourth-order valence-corrected chi connectivity index (χ4v) is 2.64. The second-order valence-electron chi connectivity index (χ2n) is 5.65. The molecule has 0 saturated heterocycles. The smallest absolute Gasteiger partial charge is 2.00 e. The summed E-state index contributed by atoms with van der Waals surface area (Å²) in [6.07, 6.45) is 11.1. The van der Waals surface area contributed by atoms with Crippen LogP contribution in [-0.4, -0.2) is 36.1 Å². The molecule has 0 amide bonds. The normalized spacial score (nSPS) is 9.27. The van der Waals surface area contributed by atoms with E-state index in [4.69, 9.17) is 0 Å². The van der Waals surface area contributed by atoms with E-state index in [9.17, 15) is 0 Å². The van der Waals surface area contributed by atoms with E-state index in [0.717, 1.165) is 0 Å². The summed E-state index contributed by atoms with van der Waals surface area (Å²) >= 11 is 0. The first kappa shape index (κ1) is 38.2. The molecule has 6 heteroatoms. The van der Waals surface area contributed by atoms with Gasteiger partial charge < -0.3 is 26.4 Å². The van der Waals surface area contributed by atoms with Crippen molar-refractivity contribution in [2.45, 2.75) is 79.1 Å². The second kappa shape index (κ2) is 26.3. The van der Waals surface area contributed by atoms with Crippen LogP contribution in [0.25, 0.3) is 0 Å². The molecule has 0 aromatic rings. The molecule has 0 aromatic carbocycles. The number of hydrogen-bond acceptors (Lipinski definition) is 1. The van der Waals surface area contributed by atoms with Crippen LogP contribution in [0, 0.1) is 0 Å². The molecule has 0 atom stereocenters. The Morgan fingerprint density at radius 2 is 0.682 bits per heavy atom. The third kappa shape index (κ3) is 18.5. The molecule has 1 N–H and O–H groups in total. The van der Waals surface area contributed by atoms with E-state index in [-0.39, 0.29) is 41.4 Å². The Morgan fingerprint density at radius 1 is 0.500 bits per heavy atom. The first-order valence-corrected chi connectivity index (χ1v) is 8.09. The third-order valence-electron chi connectivity index (χ3n) is 3.94. The molecule has 0 aliphatic carbocycles. The molecule has 0 aliphatic rings. The number of hydrogen-bond donors (Lipinski definition) is 0. The van der Waals surface area contributed by atoms with Gasteiger partial charge in [0, 0.05) is 0 Å². The van der Waals surface area contributed by atoms with Gasteiger partial charge in [-0.05, 0) is 25.7 Å². The van der Waals surface area contributed by atoms with Crippen molar-refractivity contribution >= 4 is 0 Å². The van der Waals surface area contributed by atoms with Gasteiger partial charge in [0.1, 0.15) is 0 Å². The van der Waals surface area contributed by atoms with Crippen molar-refractivity contribution in [1.82, 2.24) is 0 Å². The van der Waals surface area contributed by atoms with Crippen LogP contribution >= 0.6 is 0 Å². The molecule has 0 bridgehead atoms. The summed E-state index contributed by atoms with van der Waals surface area (Å²) in [6.45, 7) is 15.0. The summed E-state index contributed by atoms with van der Waals surface area (Å²) in [5.41, 5.74) is 0. The van der Waals surface area contributed by atoms with E-state index in [1.807, 2.05) is 0 Å². The fraction of sp³-hybridized carbons (Fsp3) is 1.00. The van der Waals surface area contributed by atoms with E-state index >= 15 is 0 Å². The summed E-state index contributed by atoms with van der Waals surface area (Å²) in [5.74, 6) is 0. The zero-order chi connectivity index (χ0) is 13.0. The minimum Gasteiger partial charge on any atom is -2.00 e. The molecule has 0 radical (unpaired) electrons. The molecule has 0 rings (SSSR count). The largest absolute Gasteiger partial charge is 6.00 e. The minimum atomic E-state index is 0. The Hall–Kier alpha value is 0.423. The Kier molecular flexibility index (Phi) is 45.7. The van der Waals surface area contributed by atoms with Crippen molar-refractivity contribution < 1.29 is 45.9 Å². The minimum absolute atomic E-state index is 0. The van der Waals surface area contributed by atoms with Gasteiger partial charge in [-0.25, -0.2) is 0 Å². The Labute approximate surface area is 151 Å². The predicted octanol–water partition coefficient (Wildman–Crippen LogP) is 4.47. The van der Waals surface area contributed by atoms with Crippen molar-refractivity contribution in [3.05, 3.63) is 0 Å². The zero-order valence-electron chi connectivity index (χ0n) is 15.0. The molecule has 138 valence electrons. The SMILES string of the molecule is CCCC[N+](CCCC)(CCCC)CCCC.[O-2].[O-2].[O-2].[OH-].[Ru+6]. The number of rotatable bonds is 12. The van der Waals surface area contributed by atoms with E-state index in [0.29, 0.717) is 0 Å². The maximum atomic E-state index is 2.33. The second-order valence-corrected chi connectivity index (χ2v) is 5.65. The Bertz CT molecular complexity index is 137. The van der Waals surface area contributed by atoms with Crippen molar-refractivity contribution in [3.8, 4) is 0 Å². The maximum Gasteiger partial charge on any atom is 6.00 e. The number of nitrogens with zero attached hydrogens (tertiary/aromatic N) is 1. The van der Waals surface area contributed by atoms with Gasteiger partial charge in [0.15, 0.2) is 0 Å². The first-order chi connectivity index (χ1) is 8.24. The standard InChI is InChI=1S/C16H36N.H2O.3O.Ru/c1-5-9-13-17(14-10-6-2,15-11-7-3)16-12-8-4;;;;;/h5-16H2,1-4H3;1H2;;;;/q+1;;3*-2;+6/p-1. The molecule has 0 heterocycles. The van der Waals surface area contributed by atoms with Gasteiger partial charge >= 0.3 is 19.5 Å². The van der Waals surface area contributed by atoms with Gasteiger partial charge in [-0.2, -0.15) is 0 Å². The van der Waals surface area contributed by atoms with Crippen LogP contribution < -0.4 is 0 Å². The van der Waals surface area contributed by atoms with E-state index < -0.39 is 0 Å². The van der Waals surface area contributed by atoms with Crippen LogP contribution in [0.5, 0.6) is 0 Å². The van der Waals surface area contributed by atoms with Gasteiger partial charge in [-0.1, -0.05) is 53.4 Å². The first-order valence-electron chi connectivity index (χ1n) is 8.09. The summed E-state index contributed by atoms with van der Waals surface area (Å²) in [4.78, 5) is 0. The van der Waals surface area contributed by atoms with Crippen molar-refractivity contribution in [1.29, 1.82) is 0 Å². The fourth-order valence-electron chi connectivity index (χ4n) is 2.64. The van der Waals surface area contributed by atoms with Gasteiger partial charge in [0.25, 0.3) is 0 Å². The van der Waals surface area contributed by atoms with Crippen LogP contribution in [0.1, 0.15) is 79.1 Å². The van der Waals surface area contributed by atoms with Crippen LogP contribution in [0.2, 0.25) is 0 Å². The summed E-state index contributed by atoms with van der Waals surface area (Å²) in [6, 6.07) is 0. The van der Waals surface area contributed by atoms with Crippen molar-refractivity contribution in [2.24, 2.45) is 0 Å². The van der Waals surface area contributed by atoms with Crippen LogP contribution in [-0.2, 0) is 35.9 Å². The molecule has 0 saturated carbocycles. The topological polar surface area (TPSA) is 116 Å². The molecule has 0 aliphatic heterocycles. The molecular weight excluding hydrogens is 371 g/mol. The van der Waals surface area contributed by atoms with Gasteiger partial charge in [0.05, 0.1) is 26.2 Å². The molecule has 0 aromatic heterocycles. The zero-order valence-corrected chi connectivity index (χ0v) is 16.7. The van der Waals surface area contributed by atoms with Crippen LogP contribution in [0.3, 0.4) is 0 Å². The average molecular weight is 409 g/mol. The van der Waals surface area contributed by atoms with Crippen molar-refractivity contribution in [2.75, 3.05) is 26.2 Å². The van der Waals surface area contributed by atoms with E-state index in [1.54, 1.807) is 0 Å². The predicted molar refractivity (Wildman–Crippen MR) is 83.4 cm³/mol. The molecule has 0 unspecified atom stereocenters. The van der Waals surface area contributed by atoms with Crippen molar-refractivity contribution in [3.63, 3.8) is 0 Å². The van der Waals surface area contributed by atoms with E-state index in [1.165, 1.54) is 82.0 Å². The molecular formula is C16H37NO4Ru. The molecule has 22 heavy (non-hydrogen) atoms. The van der Waals surface area contributed by atoms with Crippen LogP contribution in [0.15, 0.2) is 0 Å². The van der Waals surface area contributed by atoms with Gasteiger partial charge in [0.2, 0.25) is 0 Å². The number of unbranched alkanes of at least 4 members (excludes halogenated alkanes) is 4. The quantitative estimate of drug-likeness (QED) is 0.344. The molecule has 5 nitrogen and oxygen atoms in total. The average Bonchev–Trinajstić information content (AvgIpc) is 2.37. The monoisotopic (exact) mass is 409 g/mol. The summed E-state index contributed by atoms with van der Waals surface area (Å²) < 4.78 is 1.42. The van der Waals surface area contributed by atoms with Crippen LogP contribution in [0.4, 0.5) is 0 Å². The van der Waals surface area contributed by atoms with Gasteiger partial charge in [-0.3, -0.25) is 0 Å². The number of quaternary nitrogens is 1. The molecule has 0 spiro atoms. The Balaban J connectivity index is -0.000000128. The van der Waals surface area contributed by atoms with E-state index in [2.05, 4.69) is 27.7 Å². The summed E-state index contributed by atoms with van der Waals surface area (Å²) in [7, 11) is 0. The van der Waals surface area contributed by atoms with Gasteiger partial charge in [-0.15, -0.1) is 0 Å². The third-order valence-corrected chi connectivity index (χ3v) is 3.94. The maximum absolute atomic E-state index is 2.33. The Morgan fingerprint density at radius 3 is 0.818 bits per heavy atom. The summed E-state index contributed by atoms with van der Waals surface area (Å²) in [5, 5.41) is 0.